The highest BCUT2D eigenvalue weighted by Gasteiger charge is 2.27. The van der Waals surface area contributed by atoms with Gasteiger partial charge >= 0.3 is 5.97 Å². The molecule has 0 atom stereocenters. The molecule has 0 fully saturated rings. The topological polar surface area (TPSA) is 88.5 Å². The lowest BCUT2D eigenvalue weighted by Crippen LogP contribution is -2.07. The molecule has 5 nitrogen and oxygen atoms in total. The van der Waals surface area contributed by atoms with E-state index in [4.69, 9.17) is 5.11 Å². The largest absolute Gasteiger partial charge is 0.478 e. The van der Waals surface area contributed by atoms with Crippen molar-refractivity contribution in [3.8, 4) is 21.6 Å². The van der Waals surface area contributed by atoms with Crippen molar-refractivity contribution in [2.45, 2.75) is 24.2 Å². The van der Waals surface area contributed by atoms with Crippen LogP contribution >= 0.6 is 11.3 Å². The first-order valence-corrected chi connectivity index (χ1v) is 11.8. The molecule has 7 heteroatoms. The van der Waals surface area contributed by atoms with Crippen molar-refractivity contribution in [1.29, 1.82) is 0 Å². The van der Waals surface area contributed by atoms with Gasteiger partial charge in [0.25, 0.3) is 0 Å². The molecule has 1 aliphatic carbocycles. The minimum absolute atomic E-state index is 0.124. The number of rotatable bonds is 4. The van der Waals surface area contributed by atoms with E-state index in [-0.39, 0.29) is 16.2 Å². The van der Waals surface area contributed by atoms with E-state index in [0.717, 1.165) is 44.8 Å². The summed E-state index contributed by atoms with van der Waals surface area (Å²) in [4.78, 5) is 25.5. The van der Waals surface area contributed by atoms with Gasteiger partial charge in [-0.25, -0.2) is 13.2 Å². The number of thiophene rings is 1. The number of benzene rings is 2. The summed E-state index contributed by atoms with van der Waals surface area (Å²) in [6.45, 7) is 0. The number of ketones is 1. The molecule has 148 valence electrons. The fraction of sp³-hybridized carbons (Fsp3) is 0.182. The van der Waals surface area contributed by atoms with E-state index < -0.39 is 15.8 Å². The Bertz CT molecular complexity index is 1220. The van der Waals surface area contributed by atoms with Gasteiger partial charge in [-0.05, 0) is 53.8 Å². The maximum atomic E-state index is 12.5. The number of carboxylic acid groups (broad SMARTS) is 1. The first kappa shape index (κ1) is 19.5. The van der Waals surface area contributed by atoms with Gasteiger partial charge < -0.3 is 5.11 Å². The van der Waals surface area contributed by atoms with Crippen molar-refractivity contribution in [1.82, 2.24) is 0 Å². The van der Waals surface area contributed by atoms with Crippen molar-refractivity contribution in [2.75, 3.05) is 6.26 Å². The van der Waals surface area contributed by atoms with Gasteiger partial charge in [0.1, 0.15) is 0 Å². The first-order valence-electron chi connectivity index (χ1n) is 9.09. The molecule has 0 aliphatic heterocycles. The summed E-state index contributed by atoms with van der Waals surface area (Å²) < 4.78 is 23.6. The lowest BCUT2D eigenvalue weighted by Gasteiger charge is -2.13. The molecule has 1 N–H and O–H groups in total. The fourth-order valence-corrected chi connectivity index (χ4v) is 5.58. The highest BCUT2D eigenvalue weighted by molar-refractivity contribution is 7.90. The number of hydrogen-bond donors (Lipinski definition) is 1. The van der Waals surface area contributed by atoms with Gasteiger partial charge in [-0.3, -0.25) is 4.79 Å². The van der Waals surface area contributed by atoms with Gasteiger partial charge in [0, 0.05) is 23.1 Å². The minimum Gasteiger partial charge on any atom is -0.478 e. The second-order valence-electron chi connectivity index (χ2n) is 7.07. The van der Waals surface area contributed by atoms with E-state index in [1.807, 2.05) is 0 Å². The quantitative estimate of drug-likeness (QED) is 0.653. The van der Waals surface area contributed by atoms with Gasteiger partial charge in [0.2, 0.25) is 0 Å². The Morgan fingerprint density at radius 1 is 0.931 bits per heavy atom. The molecular weight excluding hydrogens is 408 g/mol. The molecule has 0 unspecified atom stereocenters. The van der Waals surface area contributed by atoms with Crippen LogP contribution in [0.15, 0.2) is 53.4 Å². The third kappa shape index (κ3) is 3.63. The van der Waals surface area contributed by atoms with Crippen LogP contribution in [0.1, 0.15) is 38.4 Å². The van der Waals surface area contributed by atoms with E-state index in [1.54, 1.807) is 48.5 Å². The number of fused-ring (bicyclic) bond motifs is 1. The Hall–Kier alpha value is -2.77. The van der Waals surface area contributed by atoms with Crippen LogP contribution in [0.4, 0.5) is 0 Å². The summed E-state index contributed by atoms with van der Waals surface area (Å²) in [5.41, 5.74) is 3.81. The van der Waals surface area contributed by atoms with Crippen LogP contribution in [0.2, 0.25) is 0 Å². The Kier molecular flexibility index (Phi) is 4.88. The molecule has 4 rings (SSSR count). The molecule has 0 saturated carbocycles. The number of sulfone groups is 1. The van der Waals surface area contributed by atoms with Gasteiger partial charge in [0.05, 0.1) is 15.3 Å². The zero-order valence-electron chi connectivity index (χ0n) is 15.6. The molecule has 3 aromatic rings. The summed E-state index contributed by atoms with van der Waals surface area (Å²) in [6.07, 6.45) is 3.27. The monoisotopic (exact) mass is 426 g/mol. The van der Waals surface area contributed by atoms with Crippen molar-refractivity contribution >= 4 is 32.9 Å². The number of carbonyl (C=O) groups excluding carboxylic acids is 1. The molecule has 0 spiro atoms. The van der Waals surface area contributed by atoms with Gasteiger partial charge in [-0.15, -0.1) is 11.3 Å². The van der Waals surface area contributed by atoms with Crippen LogP contribution in [-0.4, -0.2) is 31.5 Å². The van der Waals surface area contributed by atoms with E-state index in [9.17, 15) is 18.0 Å². The highest BCUT2D eigenvalue weighted by Crippen LogP contribution is 2.46. The Labute approximate surface area is 172 Å². The Morgan fingerprint density at radius 3 is 2.14 bits per heavy atom. The van der Waals surface area contributed by atoms with Gasteiger partial charge in [-0.2, -0.15) is 0 Å². The van der Waals surface area contributed by atoms with Gasteiger partial charge in [0.15, 0.2) is 15.6 Å². The summed E-state index contributed by atoms with van der Waals surface area (Å²) in [5.74, 6) is -0.868. The average Bonchev–Trinajstić information content (AvgIpc) is 3.08. The van der Waals surface area contributed by atoms with Crippen LogP contribution in [0.5, 0.6) is 0 Å². The number of hydrogen-bond acceptors (Lipinski definition) is 5. The number of Topliss-reactive ketones (excluding diaryl/α,β-unsaturated/α-hetero) is 1. The molecule has 0 amide bonds. The van der Waals surface area contributed by atoms with Crippen LogP contribution in [0.3, 0.4) is 0 Å². The van der Waals surface area contributed by atoms with Crippen LogP contribution in [0, 0.1) is 0 Å². The third-order valence-electron chi connectivity index (χ3n) is 5.06. The summed E-state index contributed by atoms with van der Waals surface area (Å²) in [7, 11) is -3.30. The van der Waals surface area contributed by atoms with Crippen LogP contribution < -0.4 is 0 Å². The predicted octanol–water partition coefficient (Wildman–Crippen LogP) is 4.70. The molecular formula is C22H18O5S2. The summed E-state index contributed by atoms with van der Waals surface area (Å²) in [6, 6.07) is 13.3. The molecule has 0 bridgehead atoms. The predicted molar refractivity (Wildman–Crippen MR) is 113 cm³/mol. The maximum absolute atomic E-state index is 12.5. The molecule has 29 heavy (non-hydrogen) atoms. The lowest BCUT2D eigenvalue weighted by atomic mass is 9.89. The van der Waals surface area contributed by atoms with Crippen molar-refractivity contribution in [3.63, 3.8) is 0 Å². The highest BCUT2D eigenvalue weighted by atomic mass is 32.2. The molecule has 2 aromatic carbocycles. The molecule has 0 saturated heterocycles. The van der Waals surface area contributed by atoms with E-state index in [0.29, 0.717) is 6.42 Å². The molecule has 1 heterocycles. The van der Waals surface area contributed by atoms with Gasteiger partial charge in [-0.1, -0.05) is 24.3 Å². The number of carboxylic acids is 1. The fourth-order valence-electron chi connectivity index (χ4n) is 3.61. The standard InChI is InChI=1S/C22H18O5S2/c1-29(26,27)16-11-9-13(10-12-16)19-17-3-2-4-18(23)21(17)28-20(19)14-5-7-15(8-6-14)22(24)25/h5-12H,2-4H2,1H3,(H,24,25). The Morgan fingerprint density at radius 2 is 1.55 bits per heavy atom. The van der Waals surface area contributed by atoms with E-state index in [2.05, 4.69) is 0 Å². The number of carbonyl (C=O) groups is 2. The lowest BCUT2D eigenvalue weighted by molar-refractivity contribution is 0.0696. The summed E-state index contributed by atoms with van der Waals surface area (Å²) in [5, 5.41) is 9.15. The Balaban J connectivity index is 1.90. The number of aromatic carboxylic acids is 1. The smallest absolute Gasteiger partial charge is 0.335 e. The zero-order chi connectivity index (χ0) is 20.8. The minimum atomic E-state index is -3.30. The second kappa shape index (κ2) is 7.24. The zero-order valence-corrected chi connectivity index (χ0v) is 17.3. The van der Waals surface area contributed by atoms with E-state index >= 15 is 0 Å². The third-order valence-corrected chi connectivity index (χ3v) is 7.51. The van der Waals surface area contributed by atoms with Crippen molar-refractivity contribution in [2.24, 2.45) is 0 Å². The molecule has 0 radical (unpaired) electrons. The maximum Gasteiger partial charge on any atom is 0.335 e. The molecule has 1 aromatic heterocycles. The van der Waals surface area contributed by atoms with Crippen LogP contribution in [0.25, 0.3) is 21.6 Å². The normalized spacial score (nSPS) is 13.9. The SMILES string of the molecule is CS(=O)(=O)c1ccc(-c2c(-c3ccc(C(=O)O)cc3)sc3c2CCCC3=O)cc1. The van der Waals surface area contributed by atoms with E-state index in [1.165, 1.54) is 17.6 Å². The van der Waals surface area contributed by atoms with Crippen molar-refractivity contribution in [3.05, 3.63) is 64.5 Å². The average molecular weight is 427 g/mol. The van der Waals surface area contributed by atoms with Crippen LogP contribution in [-0.2, 0) is 16.3 Å². The summed E-state index contributed by atoms with van der Waals surface area (Å²) >= 11 is 1.43. The molecule has 1 aliphatic rings. The second-order valence-corrected chi connectivity index (χ2v) is 10.1. The first-order chi connectivity index (χ1) is 13.8. The van der Waals surface area contributed by atoms with Crippen molar-refractivity contribution < 1.29 is 23.1 Å².